The van der Waals surface area contributed by atoms with E-state index >= 15 is 0 Å². The third-order valence-electron chi connectivity index (χ3n) is 5.45. The zero-order chi connectivity index (χ0) is 28.6. The van der Waals surface area contributed by atoms with Crippen molar-refractivity contribution < 1.29 is 37.0 Å². The van der Waals surface area contributed by atoms with Crippen molar-refractivity contribution in [1.29, 1.82) is 0 Å². The summed E-state index contributed by atoms with van der Waals surface area (Å²) in [5, 5.41) is 2.68. The van der Waals surface area contributed by atoms with Crippen molar-refractivity contribution in [3.63, 3.8) is 0 Å². The third-order valence-corrected chi connectivity index (χ3v) is 7.22. The zero-order valence-electron chi connectivity index (χ0n) is 21.4. The number of sulfonamides is 1. The molecule has 0 bridgehead atoms. The first kappa shape index (κ1) is 29.6. The van der Waals surface area contributed by atoms with Crippen molar-refractivity contribution in [3.8, 4) is 5.75 Å². The Kier molecular flexibility index (Phi) is 10.0. The molecule has 1 amide bonds. The van der Waals surface area contributed by atoms with Crippen molar-refractivity contribution in [1.82, 2.24) is 4.72 Å². The van der Waals surface area contributed by atoms with Gasteiger partial charge in [0.15, 0.2) is 0 Å². The molecule has 0 radical (unpaired) electrons. The SMILES string of the molecule is CCOc1ccc(S(=O)(=O)N[C@@H](Cc2ccccc2)C(=O)Nc2cc(C(=O)OC)cc(C(=O)OC)c2)cc1Cl. The number of carbonyl (C=O) groups excluding carboxylic acids is 3. The largest absolute Gasteiger partial charge is 0.492 e. The van der Waals surface area contributed by atoms with Crippen LogP contribution in [0.3, 0.4) is 0 Å². The Hall–Kier alpha value is -3.93. The molecule has 10 nitrogen and oxygen atoms in total. The van der Waals surface area contributed by atoms with Crippen LogP contribution < -0.4 is 14.8 Å². The van der Waals surface area contributed by atoms with Crippen LogP contribution in [0.25, 0.3) is 0 Å². The number of anilines is 1. The molecule has 0 aliphatic rings. The molecule has 206 valence electrons. The number of rotatable bonds is 11. The summed E-state index contributed by atoms with van der Waals surface area (Å²) in [6, 6.07) is 15.3. The third kappa shape index (κ3) is 7.79. The molecular weight excluding hydrogens is 548 g/mol. The Labute approximate surface area is 231 Å². The van der Waals surface area contributed by atoms with E-state index in [0.29, 0.717) is 17.9 Å². The second-order valence-electron chi connectivity index (χ2n) is 8.16. The molecule has 0 unspecified atom stereocenters. The molecule has 0 saturated heterocycles. The van der Waals surface area contributed by atoms with E-state index in [2.05, 4.69) is 10.0 Å². The minimum Gasteiger partial charge on any atom is -0.492 e. The molecule has 12 heteroatoms. The summed E-state index contributed by atoms with van der Waals surface area (Å²) in [5.74, 6) is -1.91. The molecule has 0 heterocycles. The van der Waals surface area contributed by atoms with Crippen LogP contribution in [0.15, 0.2) is 71.6 Å². The molecule has 0 saturated carbocycles. The summed E-state index contributed by atoms with van der Waals surface area (Å²) in [6.45, 7) is 2.11. The van der Waals surface area contributed by atoms with Crippen LogP contribution in [0, 0.1) is 0 Å². The average Bonchev–Trinajstić information content (AvgIpc) is 2.93. The number of hydrogen-bond acceptors (Lipinski definition) is 8. The normalized spacial score (nSPS) is 11.8. The number of carbonyl (C=O) groups is 3. The molecule has 2 N–H and O–H groups in total. The predicted molar refractivity (Wildman–Crippen MR) is 145 cm³/mol. The molecular formula is C27H27ClN2O8S. The van der Waals surface area contributed by atoms with Gasteiger partial charge in [0.1, 0.15) is 11.8 Å². The fraction of sp³-hybridized carbons (Fsp3) is 0.222. The Balaban J connectivity index is 1.95. The van der Waals surface area contributed by atoms with Gasteiger partial charge >= 0.3 is 11.9 Å². The molecule has 0 fully saturated rings. The quantitative estimate of drug-likeness (QED) is 0.330. The van der Waals surface area contributed by atoms with E-state index in [0.717, 1.165) is 0 Å². The number of amides is 1. The lowest BCUT2D eigenvalue weighted by molar-refractivity contribution is -0.117. The number of benzene rings is 3. The highest BCUT2D eigenvalue weighted by molar-refractivity contribution is 7.89. The molecule has 0 aromatic heterocycles. The van der Waals surface area contributed by atoms with Gasteiger partial charge in [0.25, 0.3) is 0 Å². The number of nitrogens with one attached hydrogen (secondary N) is 2. The molecule has 3 aromatic carbocycles. The van der Waals surface area contributed by atoms with Crippen molar-refractivity contribution >= 4 is 45.2 Å². The first-order valence-electron chi connectivity index (χ1n) is 11.7. The highest BCUT2D eigenvalue weighted by atomic mass is 35.5. The number of esters is 2. The van der Waals surface area contributed by atoms with Crippen LogP contribution in [0.4, 0.5) is 5.69 Å². The van der Waals surface area contributed by atoms with E-state index in [4.69, 9.17) is 25.8 Å². The van der Waals surface area contributed by atoms with Crippen molar-refractivity contribution in [2.75, 3.05) is 26.1 Å². The van der Waals surface area contributed by atoms with Gasteiger partial charge in [-0.15, -0.1) is 0 Å². The summed E-state index contributed by atoms with van der Waals surface area (Å²) in [4.78, 5) is 37.5. The molecule has 39 heavy (non-hydrogen) atoms. The number of methoxy groups -OCH3 is 2. The van der Waals surface area contributed by atoms with Crippen LogP contribution in [-0.2, 0) is 30.7 Å². The first-order valence-corrected chi connectivity index (χ1v) is 13.5. The van der Waals surface area contributed by atoms with E-state index in [-0.39, 0.29) is 33.2 Å². The lowest BCUT2D eigenvalue weighted by atomic mass is 10.1. The molecule has 0 spiro atoms. The Bertz CT molecular complexity index is 1430. The van der Waals surface area contributed by atoms with Crippen molar-refractivity contribution in [2.24, 2.45) is 0 Å². The molecule has 3 rings (SSSR count). The monoisotopic (exact) mass is 574 g/mol. The fourth-order valence-electron chi connectivity index (χ4n) is 3.61. The summed E-state index contributed by atoms with van der Waals surface area (Å²) in [6.07, 6.45) is -0.00276. The lowest BCUT2D eigenvalue weighted by Crippen LogP contribution is -2.45. The molecule has 1 atom stereocenters. The van der Waals surface area contributed by atoms with Crippen LogP contribution >= 0.6 is 11.6 Å². The lowest BCUT2D eigenvalue weighted by Gasteiger charge is -2.20. The van der Waals surface area contributed by atoms with Crippen LogP contribution in [0.2, 0.25) is 5.02 Å². The predicted octanol–water partition coefficient (Wildman–Crippen LogP) is 3.84. The summed E-state index contributed by atoms with van der Waals surface area (Å²) in [5.41, 5.74) is 0.716. The van der Waals surface area contributed by atoms with Gasteiger partial charge in [-0.05, 0) is 55.3 Å². The number of ether oxygens (including phenoxy) is 3. The van der Waals surface area contributed by atoms with Crippen LogP contribution in [0.1, 0.15) is 33.2 Å². The minimum absolute atomic E-state index is 0.00276. The second kappa shape index (κ2) is 13.2. The standard InChI is InChI=1S/C27H27ClN2O8S/c1-4-38-24-11-10-21(16-22(24)28)39(34,35)30-23(12-17-8-6-5-7-9-17)25(31)29-20-14-18(26(32)36-2)13-19(15-20)27(33)37-3/h5-11,13-16,23,30H,4,12H2,1-3H3,(H,29,31)/t23-/m0/s1. The van der Waals surface area contributed by atoms with E-state index in [1.54, 1.807) is 37.3 Å². The highest BCUT2D eigenvalue weighted by Gasteiger charge is 2.27. The maximum absolute atomic E-state index is 13.4. The zero-order valence-corrected chi connectivity index (χ0v) is 23.0. The Morgan fingerprint density at radius 3 is 2.05 bits per heavy atom. The van der Waals surface area contributed by atoms with Gasteiger partial charge in [-0.2, -0.15) is 4.72 Å². The van der Waals surface area contributed by atoms with Crippen molar-refractivity contribution in [2.45, 2.75) is 24.3 Å². The smallest absolute Gasteiger partial charge is 0.337 e. The van der Waals surface area contributed by atoms with Gasteiger partial charge in [0.05, 0.1) is 41.9 Å². The minimum atomic E-state index is -4.22. The second-order valence-corrected chi connectivity index (χ2v) is 10.3. The average molecular weight is 575 g/mol. The van der Waals surface area contributed by atoms with Gasteiger partial charge in [-0.3, -0.25) is 4.79 Å². The van der Waals surface area contributed by atoms with Crippen molar-refractivity contribution in [3.05, 3.63) is 88.4 Å². The molecule has 0 aliphatic carbocycles. The summed E-state index contributed by atoms with van der Waals surface area (Å²) in [7, 11) is -1.88. The fourth-order valence-corrected chi connectivity index (χ4v) is 5.14. The van der Waals surface area contributed by atoms with Crippen LogP contribution in [0.5, 0.6) is 5.75 Å². The van der Waals surface area contributed by atoms with E-state index < -0.39 is 33.9 Å². The van der Waals surface area contributed by atoms with Gasteiger partial charge in [0.2, 0.25) is 15.9 Å². The highest BCUT2D eigenvalue weighted by Crippen LogP contribution is 2.27. The van der Waals surface area contributed by atoms with E-state index in [1.807, 2.05) is 0 Å². The summed E-state index contributed by atoms with van der Waals surface area (Å²) >= 11 is 6.18. The van der Waals surface area contributed by atoms with E-state index in [9.17, 15) is 22.8 Å². The Morgan fingerprint density at radius 1 is 0.897 bits per heavy atom. The van der Waals surface area contributed by atoms with Gasteiger partial charge < -0.3 is 19.5 Å². The Morgan fingerprint density at radius 2 is 1.51 bits per heavy atom. The molecule has 3 aromatic rings. The van der Waals surface area contributed by atoms with E-state index in [1.165, 1.54) is 50.6 Å². The van der Waals surface area contributed by atoms with Gasteiger partial charge in [-0.25, -0.2) is 18.0 Å². The van der Waals surface area contributed by atoms with Gasteiger partial charge in [-0.1, -0.05) is 41.9 Å². The topological polar surface area (TPSA) is 137 Å². The maximum Gasteiger partial charge on any atom is 0.337 e. The number of halogens is 1. The molecule has 0 aliphatic heterocycles. The maximum atomic E-state index is 13.4. The van der Waals surface area contributed by atoms with Crippen LogP contribution in [-0.4, -0.2) is 53.1 Å². The number of hydrogen-bond donors (Lipinski definition) is 2. The first-order chi connectivity index (χ1) is 18.6. The summed E-state index contributed by atoms with van der Waals surface area (Å²) < 4.78 is 43.8. The van der Waals surface area contributed by atoms with Gasteiger partial charge in [0, 0.05) is 5.69 Å².